The van der Waals surface area contributed by atoms with Crippen LogP contribution in [-0.4, -0.2) is 4.98 Å². The number of nitrogens with two attached hydrogens (primary N) is 1. The molecule has 0 saturated heterocycles. The second kappa shape index (κ2) is 6.04. The van der Waals surface area contributed by atoms with E-state index in [9.17, 15) is 0 Å². The van der Waals surface area contributed by atoms with E-state index < -0.39 is 0 Å². The third kappa shape index (κ3) is 3.56. The Morgan fingerprint density at radius 3 is 2.58 bits per heavy atom. The Balaban J connectivity index is 2.16. The predicted molar refractivity (Wildman–Crippen MR) is 84.1 cm³/mol. The number of halogens is 2. The average molecular weight is 313 g/mol. The van der Waals surface area contributed by atoms with E-state index in [1.807, 2.05) is 32.0 Å². The Morgan fingerprint density at radius 2 is 1.95 bits per heavy atom. The molecule has 0 fully saturated rings. The Hall–Kier alpha value is -0.900. The quantitative estimate of drug-likeness (QED) is 0.498. The highest BCUT2D eigenvalue weighted by Gasteiger charge is 2.09. The molecule has 0 atom stereocenters. The number of thioether (sulfide) groups is 1. The number of nitrogens with zero attached hydrogens (tertiary/aromatic N) is 1. The first-order valence-electron chi connectivity index (χ1n) is 5.78. The molecule has 100 valence electrons. The molecule has 0 unspecified atom stereocenters. The van der Waals surface area contributed by atoms with Gasteiger partial charge in [-0.3, -0.25) is 0 Å². The van der Waals surface area contributed by atoms with Crippen molar-refractivity contribution in [2.45, 2.75) is 24.5 Å². The monoisotopic (exact) mass is 312 g/mol. The third-order valence-corrected chi connectivity index (χ3v) is 4.44. The SMILES string of the molecule is Cc1cc(Cl)c(CSc2ccc(N)c(C)c2)c(Cl)n1. The van der Waals surface area contributed by atoms with Crippen molar-refractivity contribution in [2.75, 3.05) is 5.73 Å². The van der Waals surface area contributed by atoms with E-state index in [0.29, 0.717) is 15.9 Å². The summed E-state index contributed by atoms with van der Waals surface area (Å²) >= 11 is 14.0. The standard InChI is InChI=1S/C14H14Cl2N2S/c1-8-5-10(3-4-13(8)17)19-7-11-12(15)6-9(2)18-14(11)16/h3-6H,7,17H2,1-2H3. The van der Waals surface area contributed by atoms with Gasteiger partial charge in [-0.25, -0.2) is 4.98 Å². The van der Waals surface area contributed by atoms with Crippen LogP contribution in [0.25, 0.3) is 0 Å². The van der Waals surface area contributed by atoms with E-state index in [4.69, 9.17) is 28.9 Å². The Morgan fingerprint density at radius 1 is 1.21 bits per heavy atom. The van der Waals surface area contributed by atoms with Crippen molar-refractivity contribution in [1.82, 2.24) is 4.98 Å². The molecule has 0 amide bonds. The number of aromatic nitrogens is 1. The summed E-state index contributed by atoms with van der Waals surface area (Å²) in [6.45, 7) is 3.87. The van der Waals surface area contributed by atoms with Crippen LogP contribution in [0.3, 0.4) is 0 Å². The van der Waals surface area contributed by atoms with E-state index >= 15 is 0 Å². The molecule has 2 rings (SSSR count). The normalized spacial score (nSPS) is 10.7. The second-order valence-electron chi connectivity index (χ2n) is 4.32. The van der Waals surface area contributed by atoms with Gasteiger partial charge in [0.25, 0.3) is 0 Å². The van der Waals surface area contributed by atoms with E-state index in [0.717, 1.165) is 27.4 Å². The number of pyridine rings is 1. The van der Waals surface area contributed by atoms with E-state index in [1.54, 1.807) is 11.8 Å². The van der Waals surface area contributed by atoms with E-state index in [-0.39, 0.29) is 0 Å². The van der Waals surface area contributed by atoms with Crippen LogP contribution in [0, 0.1) is 13.8 Å². The summed E-state index contributed by atoms with van der Waals surface area (Å²) in [7, 11) is 0. The van der Waals surface area contributed by atoms with Gasteiger partial charge in [-0.15, -0.1) is 11.8 Å². The molecule has 0 aliphatic heterocycles. The largest absolute Gasteiger partial charge is 0.399 e. The number of nitrogen functional groups attached to an aromatic ring is 1. The zero-order valence-corrected chi connectivity index (χ0v) is 13.0. The Bertz CT molecular complexity index is 591. The van der Waals surface area contributed by atoms with Crippen LogP contribution in [0.2, 0.25) is 10.2 Å². The molecule has 2 N–H and O–H groups in total. The molecule has 5 heteroatoms. The molecule has 0 saturated carbocycles. The summed E-state index contributed by atoms with van der Waals surface area (Å²) < 4.78 is 0. The molecular weight excluding hydrogens is 299 g/mol. The minimum Gasteiger partial charge on any atom is -0.399 e. The fourth-order valence-corrected chi connectivity index (χ4v) is 3.50. The topological polar surface area (TPSA) is 38.9 Å². The molecule has 0 radical (unpaired) electrons. The zero-order valence-electron chi connectivity index (χ0n) is 10.7. The number of rotatable bonds is 3. The van der Waals surface area contributed by atoms with Crippen molar-refractivity contribution in [3.63, 3.8) is 0 Å². The number of benzene rings is 1. The molecule has 0 bridgehead atoms. The summed E-state index contributed by atoms with van der Waals surface area (Å²) in [5.41, 5.74) is 9.37. The van der Waals surface area contributed by atoms with Gasteiger partial charge in [0.1, 0.15) is 5.15 Å². The van der Waals surface area contributed by atoms with Gasteiger partial charge >= 0.3 is 0 Å². The minimum atomic E-state index is 0.477. The lowest BCUT2D eigenvalue weighted by Crippen LogP contribution is -1.92. The summed E-state index contributed by atoms with van der Waals surface area (Å²) in [6.07, 6.45) is 0. The molecule has 2 nitrogen and oxygen atoms in total. The van der Waals surface area contributed by atoms with Gasteiger partial charge in [-0.1, -0.05) is 23.2 Å². The summed E-state index contributed by atoms with van der Waals surface area (Å²) in [5, 5.41) is 1.14. The molecule has 1 heterocycles. The zero-order chi connectivity index (χ0) is 14.0. The fourth-order valence-electron chi connectivity index (χ4n) is 1.65. The highest BCUT2D eigenvalue weighted by Crippen LogP contribution is 2.32. The van der Waals surface area contributed by atoms with Crippen molar-refractivity contribution in [3.05, 3.63) is 51.3 Å². The molecule has 1 aromatic heterocycles. The van der Waals surface area contributed by atoms with Crippen LogP contribution in [0.1, 0.15) is 16.8 Å². The average Bonchev–Trinajstić information content (AvgIpc) is 2.32. The number of aryl methyl sites for hydroxylation is 2. The highest BCUT2D eigenvalue weighted by molar-refractivity contribution is 7.98. The first-order valence-corrected chi connectivity index (χ1v) is 7.52. The lowest BCUT2D eigenvalue weighted by molar-refractivity contribution is 1.16. The molecule has 2 aromatic rings. The van der Waals surface area contributed by atoms with Gasteiger partial charge in [-0.2, -0.15) is 0 Å². The van der Waals surface area contributed by atoms with Crippen molar-refractivity contribution in [1.29, 1.82) is 0 Å². The van der Waals surface area contributed by atoms with Crippen LogP contribution in [0.5, 0.6) is 0 Å². The van der Waals surface area contributed by atoms with Crippen molar-refractivity contribution >= 4 is 40.7 Å². The van der Waals surface area contributed by atoms with Gasteiger partial charge < -0.3 is 5.73 Å². The maximum atomic E-state index is 6.20. The molecule has 0 aliphatic rings. The van der Waals surface area contributed by atoms with Gasteiger partial charge in [0, 0.05) is 32.6 Å². The Labute approximate surface area is 127 Å². The molecular formula is C14H14Cl2N2S. The minimum absolute atomic E-state index is 0.477. The number of hydrogen-bond donors (Lipinski definition) is 1. The van der Waals surface area contributed by atoms with Crippen molar-refractivity contribution in [2.24, 2.45) is 0 Å². The van der Waals surface area contributed by atoms with Gasteiger partial charge in [0.15, 0.2) is 0 Å². The van der Waals surface area contributed by atoms with Gasteiger partial charge in [-0.05, 0) is 43.7 Å². The summed E-state index contributed by atoms with van der Waals surface area (Å²) in [5.74, 6) is 0.689. The fraction of sp³-hybridized carbons (Fsp3) is 0.214. The lowest BCUT2D eigenvalue weighted by atomic mass is 10.2. The molecule has 19 heavy (non-hydrogen) atoms. The maximum absolute atomic E-state index is 6.20. The molecule has 1 aromatic carbocycles. The lowest BCUT2D eigenvalue weighted by Gasteiger charge is -2.08. The van der Waals surface area contributed by atoms with Crippen molar-refractivity contribution in [3.8, 4) is 0 Å². The Kier molecular flexibility index (Phi) is 4.61. The van der Waals surface area contributed by atoms with Gasteiger partial charge in [0.2, 0.25) is 0 Å². The number of hydrogen-bond acceptors (Lipinski definition) is 3. The molecule has 0 aliphatic carbocycles. The first-order chi connectivity index (χ1) is 8.97. The summed E-state index contributed by atoms with van der Waals surface area (Å²) in [4.78, 5) is 5.36. The first kappa shape index (κ1) is 14.5. The maximum Gasteiger partial charge on any atom is 0.134 e. The number of anilines is 1. The van der Waals surface area contributed by atoms with Crippen LogP contribution in [-0.2, 0) is 5.75 Å². The predicted octanol–water partition coefficient (Wildman–Crippen LogP) is 4.88. The van der Waals surface area contributed by atoms with E-state index in [1.165, 1.54) is 0 Å². The third-order valence-electron chi connectivity index (χ3n) is 2.77. The van der Waals surface area contributed by atoms with Gasteiger partial charge in [0.05, 0.1) is 0 Å². The smallest absolute Gasteiger partial charge is 0.134 e. The van der Waals surface area contributed by atoms with E-state index in [2.05, 4.69) is 11.1 Å². The van der Waals surface area contributed by atoms with Crippen LogP contribution in [0.15, 0.2) is 29.2 Å². The van der Waals surface area contributed by atoms with Crippen LogP contribution < -0.4 is 5.73 Å². The van der Waals surface area contributed by atoms with Crippen molar-refractivity contribution < 1.29 is 0 Å². The second-order valence-corrected chi connectivity index (χ2v) is 6.14. The van der Waals surface area contributed by atoms with Crippen LogP contribution >= 0.6 is 35.0 Å². The highest BCUT2D eigenvalue weighted by atomic mass is 35.5. The molecule has 0 spiro atoms. The van der Waals surface area contributed by atoms with Crippen LogP contribution in [0.4, 0.5) is 5.69 Å². The summed E-state index contributed by atoms with van der Waals surface area (Å²) in [6, 6.07) is 7.80.